The molecular formula is C23H18BrN3O2. The molecule has 0 saturated carbocycles. The van der Waals surface area contributed by atoms with Crippen LogP contribution in [0.15, 0.2) is 81.8 Å². The Kier molecular flexibility index (Phi) is 5.27. The van der Waals surface area contributed by atoms with Crippen molar-refractivity contribution in [2.75, 3.05) is 4.90 Å². The largest absolute Gasteiger partial charge is 0.336 e. The molecule has 0 aliphatic carbocycles. The zero-order valence-electron chi connectivity index (χ0n) is 16.0. The lowest BCUT2D eigenvalue weighted by Gasteiger charge is -2.18. The molecule has 1 heterocycles. The van der Waals surface area contributed by atoms with Gasteiger partial charge in [0.25, 0.3) is 5.91 Å². The van der Waals surface area contributed by atoms with Gasteiger partial charge in [0.15, 0.2) is 0 Å². The zero-order chi connectivity index (χ0) is 20.4. The Balaban J connectivity index is 1.76. The number of aryl methyl sites for hydroxylation is 2. The van der Waals surface area contributed by atoms with E-state index in [1.807, 2.05) is 74.5 Å². The molecule has 4 rings (SSSR count). The predicted molar refractivity (Wildman–Crippen MR) is 116 cm³/mol. The summed E-state index contributed by atoms with van der Waals surface area (Å²) in [6, 6.07) is 22.7. The highest BCUT2D eigenvalue weighted by molar-refractivity contribution is 9.10. The molecule has 0 unspecified atom stereocenters. The number of hydrogen-bond donors (Lipinski definition) is 0. The van der Waals surface area contributed by atoms with Crippen LogP contribution in [0.3, 0.4) is 0 Å². The number of hydrogen-bond acceptors (Lipinski definition) is 4. The predicted octanol–water partition coefficient (Wildman–Crippen LogP) is 6.09. The van der Waals surface area contributed by atoms with Gasteiger partial charge in [-0.2, -0.15) is 4.98 Å². The molecule has 1 amide bonds. The molecule has 4 aromatic rings. The van der Waals surface area contributed by atoms with Crippen molar-refractivity contribution in [3.8, 4) is 11.4 Å². The van der Waals surface area contributed by atoms with Gasteiger partial charge in [0.2, 0.25) is 5.82 Å². The number of benzene rings is 3. The van der Waals surface area contributed by atoms with E-state index in [0.29, 0.717) is 17.1 Å². The number of carbonyl (C=O) groups is 1. The van der Waals surface area contributed by atoms with Gasteiger partial charge in [0.05, 0.1) is 5.69 Å². The number of nitrogens with zero attached hydrogens (tertiary/aromatic N) is 3. The summed E-state index contributed by atoms with van der Waals surface area (Å²) in [7, 11) is 0. The van der Waals surface area contributed by atoms with Gasteiger partial charge in [-0.3, -0.25) is 4.79 Å². The molecule has 0 N–H and O–H groups in total. The van der Waals surface area contributed by atoms with Crippen molar-refractivity contribution >= 4 is 33.5 Å². The third-order valence-electron chi connectivity index (χ3n) is 4.50. The minimum atomic E-state index is -0.250. The Hall–Kier alpha value is -3.25. The second kappa shape index (κ2) is 8.01. The maximum absolute atomic E-state index is 13.3. The van der Waals surface area contributed by atoms with Crippen LogP contribution in [0.4, 0.5) is 11.7 Å². The van der Waals surface area contributed by atoms with Crippen molar-refractivity contribution in [2.24, 2.45) is 0 Å². The van der Waals surface area contributed by atoms with Crippen LogP contribution >= 0.6 is 15.9 Å². The van der Waals surface area contributed by atoms with Crippen LogP contribution in [0.5, 0.6) is 0 Å². The normalized spacial score (nSPS) is 10.7. The molecule has 0 saturated heterocycles. The Morgan fingerprint density at radius 2 is 1.45 bits per heavy atom. The molecule has 5 nitrogen and oxygen atoms in total. The fraction of sp³-hybridized carbons (Fsp3) is 0.0870. The van der Waals surface area contributed by atoms with Crippen LogP contribution in [0.25, 0.3) is 11.4 Å². The number of amides is 1. The second-order valence-electron chi connectivity index (χ2n) is 6.75. The average Bonchev–Trinajstić information content (AvgIpc) is 3.20. The van der Waals surface area contributed by atoms with Crippen LogP contribution in [-0.2, 0) is 0 Å². The zero-order valence-corrected chi connectivity index (χ0v) is 17.6. The lowest BCUT2D eigenvalue weighted by atomic mass is 10.1. The van der Waals surface area contributed by atoms with E-state index < -0.39 is 0 Å². The molecule has 3 aromatic carbocycles. The summed E-state index contributed by atoms with van der Waals surface area (Å²) >= 11 is 3.40. The van der Waals surface area contributed by atoms with Gasteiger partial charge in [-0.25, -0.2) is 4.90 Å². The average molecular weight is 448 g/mol. The minimum absolute atomic E-state index is 0.123. The highest BCUT2D eigenvalue weighted by atomic mass is 79.9. The van der Waals surface area contributed by atoms with Gasteiger partial charge in [-0.15, -0.1) is 0 Å². The molecule has 0 aliphatic heterocycles. The highest BCUT2D eigenvalue weighted by Gasteiger charge is 2.25. The molecule has 1 aromatic heterocycles. The summed E-state index contributed by atoms with van der Waals surface area (Å²) in [6.45, 7) is 4.01. The number of aromatic nitrogens is 2. The van der Waals surface area contributed by atoms with E-state index in [-0.39, 0.29) is 11.9 Å². The molecular weight excluding hydrogens is 430 g/mol. The molecule has 0 bridgehead atoms. The first-order valence-corrected chi connectivity index (χ1v) is 9.88. The van der Waals surface area contributed by atoms with Crippen molar-refractivity contribution in [1.82, 2.24) is 10.1 Å². The molecule has 29 heavy (non-hydrogen) atoms. The maximum atomic E-state index is 13.3. The summed E-state index contributed by atoms with van der Waals surface area (Å²) in [6.07, 6.45) is 0. The number of halogens is 1. The highest BCUT2D eigenvalue weighted by Crippen LogP contribution is 2.29. The monoisotopic (exact) mass is 447 g/mol. The summed E-state index contributed by atoms with van der Waals surface area (Å²) in [4.78, 5) is 19.2. The number of carbonyl (C=O) groups excluding carboxylic acids is 1. The summed E-state index contributed by atoms with van der Waals surface area (Å²) < 4.78 is 6.40. The first-order chi connectivity index (χ1) is 14.0. The first-order valence-electron chi connectivity index (χ1n) is 9.09. The fourth-order valence-corrected chi connectivity index (χ4v) is 3.12. The lowest BCUT2D eigenvalue weighted by molar-refractivity contribution is 0.0993. The Morgan fingerprint density at radius 3 is 2.07 bits per heavy atom. The number of anilines is 2. The van der Waals surface area contributed by atoms with Crippen LogP contribution in [-0.4, -0.2) is 16.0 Å². The first kappa shape index (κ1) is 19.1. The summed E-state index contributed by atoms with van der Waals surface area (Å²) in [5.41, 5.74) is 4.23. The van der Waals surface area contributed by atoms with Gasteiger partial charge < -0.3 is 4.52 Å². The SMILES string of the molecule is Cc1ccc(-c2noc(N(C(=O)c3ccc(Br)cc3)c3ccc(C)cc3)n2)cc1. The third-order valence-corrected chi connectivity index (χ3v) is 5.03. The van der Waals surface area contributed by atoms with Crippen LogP contribution in [0.2, 0.25) is 0 Å². The fourth-order valence-electron chi connectivity index (χ4n) is 2.86. The van der Waals surface area contributed by atoms with Gasteiger partial charge in [0, 0.05) is 15.6 Å². The quantitative estimate of drug-likeness (QED) is 0.379. The van der Waals surface area contributed by atoms with Crippen LogP contribution < -0.4 is 4.90 Å². The number of rotatable bonds is 4. The van der Waals surface area contributed by atoms with E-state index in [1.54, 1.807) is 12.1 Å². The minimum Gasteiger partial charge on any atom is -0.314 e. The Morgan fingerprint density at radius 1 is 0.862 bits per heavy atom. The van der Waals surface area contributed by atoms with E-state index in [4.69, 9.17) is 4.52 Å². The molecule has 0 atom stereocenters. The Bertz CT molecular complexity index is 1130. The van der Waals surface area contributed by atoms with E-state index in [1.165, 1.54) is 4.90 Å². The molecule has 0 fully saturated rings. The van der Waals surface area contributed by atoms with Crippen molar-refractivity contribution < 1.29 is 9.32 Å². The van der Waals surface area contributed by atoms with E-state index in [9.17, 15) is 4.79 Å². The summed E-state index contributed by atoms with van der Waals surface area (Å²) in [5, 5.41) is 4.08. The molecule has 0 spiro atoms. The van der Waals surface area contributed by atoms with Crippen molar-refractivity contribution in [3.63, 3.8) is 0 Å². The summed E-state index contributed by atoms with van der Waals surface area (Å²) in [5.74, 6) is 0.182. The van der Waals surface area contributed by atoms with Crippen LogP contribution in [0.1, 0.15) is 21.5 Å². The molecule has 144 valence electrons. The van der Waals surface area contributed by atoms with Gasteiger partial charge >= 0.3 is 6.01 Å². The molecule has 0 aliphatic rings. The maximum Gasteiger partial charge on any atom is 0.336 e. The van der Waals surface area contributed by atoms with Crippen molar-refractivity contribution in [2.45, 2.75) is 13.8 Å². The van der Waals surface area contributed by atoms with Gasteiger partial charge in [0.1, 0.15) is 0 Å². The Labute approximate surface area is 177 Å². The van der Waals surface area contributed by atoms with Crippen molar-refractivity contribution in [1.29, 1.82) is 0 Å². The third kappa shape index (κ3) is 4.12. The van der Waals surface area contributed by atoms with Gasteiger partial charge in [-0.1, -0.05) is 68.6 Å². The smallest absolute Gasteiger partial charge is 0.314 e. The van der Waals surface area contributed by atoms with Crippen molar-refractivity contribution in [3.05, 3.63) is 94.0 Å². The molecule has 0 radical (unpaired) electrons. The standard InChI is InChI=1S/C23H18BrN3O2/c1-15-3-7-17(8-4-15)21-25-23(29-26-21)27(20-13-5-16(2)6-14-20)22(28)18-9-11-19(24)12-10-18/h3-14H,1-2H3. The lowest BCUT2D eigenvalue weighted by Crippen LogP contribution is -2.26. The van der Waals surface area contributed by atoms with E-state index in [0.717, 1.165) is 21.2 Å². The topological polar surface area (TPSA) is 59.2 Å². The van der Waals surface area contributed by atoms with Crippen LogP contribution in [0, 0.1) is 13.8 Å². The van der Waals surface area contributed by atoms with E-state index >= 15 is 0 Å². The van der Waals surface area contributed by atoms with E-state index in [2.05, 4.69) is 26.1 Å². The second-order valence-corrected chi connectivity index (χ2v) is 7.67. The van der Waals surface area contributed by atoms with Gasteiger partial charge in [-0.05, 0) is 50.2 Å². The molecule has 6 heteroatoms.